The summed E-state index contributed by atoms with van der Waals surface area (Å²) in [5.41, 5.74) is 1.12. The van der Waals surface area contributed by atoms with Crippen LogP contribution in [-0.4, -0.2) is 60.2 Å². The summed E-state index contributed by atoms with van der Waals surface area (Å²) in [7, 11) is 1.58. The molecule has 2 aliphatic rings. The lowest BCUT2D eigenvalue weighted by Crippen LogP contribution is -2.46. The van der Waals surface area contributed by atoms with Gasteiger partial charge in [-0.3, -0.25) is 4.79 Å². The zero-order valence-electron chi connectivity index (χ0n) is 15.7. The largest absolute Gasteiger partial charge is 0.496 e. The van der Waals surface area contributed by atoms with Crippen molar-refractivity contribution in [2.24, 2.45) is 0 Å². The molecule has 7 heteroatoms. The minimum atomic E-state index is -0.518. The van der Waals surface area contributed by atoms with E-state index >= 15 is 0 Å². The Labute approximate surface area is 162 Å². The van der Waals surface area contributed by atoms with Gasteiger partial charge in [0.2, 0.25) is 0 Å². The van der Waals surface area contributed by atoms with Crippen molar-refractivity contribution in [2.75, 3.05) is 26.7 Å². The van der Waals surface area contributed by atoms with Gasteiger partial charge in [-0.25, -0.2) is 4.79 Å². The summed E-state index contributed by atoms with van der Waals surface area (Å²) in [5.74, 6) is 0.567. The molecule has 2 aliphatic heterocycles. The quantitative estimate of drug-likeness (QED) is 0.728. The second kappa shape index (κ2) is 7.10. The minimum absolute atomic E-state index is 0.0107. The predicted molar refractivity (Wildman–Crippen MR) is 102 cm³/mol. The van der Waals surface area contributed by atoms with E-state index < -0.39 is 5.60 Å². The van der Waals surface area contributed by atoms with Crippen LogP contribution in [0.25, 0.3) is 0 Å². The fourth-order valence-electron chi connectivity index (χ4n) is 3.56. The second-order valence-electron chi connectivity index (χ2n) is 7.76. The van der Waals surface area contributed by atoms with Gasteiger partial charge in [-0.05, 0) is 51.3 Å². The van der Waals surface area contributed by atoms with Gasteiger partial charge in [0.1, 0.15) is 11.4 Å². The molecule has 0 aromatic heterocycles. The number of nitrogens with zero attached hydrogens (tertiary/aromatic N) is 2. The van der Waals surface area contributed by atoms with E-state index in [1.165, 1.54) is 0 Å². The summed E-state index contributed by atoms with van der Waals surface area (Å²) < 4.78 is 11.8. The van der Waals surface area contributed by atoms with Crippen molar-refractivity contribution in [1.29, 1.82) is 0 Å². The van der Waals surface area contributed by atoms with E-state index in [9.17, 15) is 9.59 Å². The van der Waals surface area contributed by atoms with E-state index in [0.29, 0.717) is 30.9 Å². The molecule has 2 heterocycles. The first-order valence-corrected chi connectivity index (χ1v) is 9.64. The number of amides is 2. The van der Waals surface area contributed by atoms with Crippen LogP contribution in [0.4, 0.5) is 4.79 Å². The Morgan fingerprint density at radius 3 is 2.65 bits per heavy atom. The highest BCUT2D eigenvalue weighted by Gasteiger charge is 2.38. The van der Waals surface area contributed by atoms with Gasteiger partial charge < -0.3 is 19.3 Å². The average Bonchev–Trinajstić information content (AvgIpc) is 3.02. The van der Waals surface area contributed by atoms with Crippen LogP contribution in [0, 0.1) is 0 Å². The number of likely N-dealkylation sites (tertiary alicyclic amines) is 1. The van der Waals surface area contributed by atoms with Crippen molar-refractivity contribution in [1.82, 2.24) is 9.80 Å². The third-order valence-corrected chi connectivity index (χ3v) is 5.18. The molecule has 0 spiro atoms. The normalized spacial score (nSPS) is 20.2. The van der Waals surface area contributed by atoms with Gasteiger partial charge >= 0.3 is 6.09 Å². The molecule has 1 aromatic carbocycles. The molecule has 1 fully saturated rings. The van der Waals surface area contributed by atoms with E-state index in [-0.39, 0.29) is 18.0 Å². The maximum absolute atomic E-state index is 13.1. The van der Waals surface area contributed by atoms with E-state index in [2.05, 4.69) is 15.9 Å². The Kier molecular flexibility index (Phi) is 5.19. The first-order chi connectivity index (χ1) is 12.2. The highest BCUT2D eigenvalue weighted by atomic mass is 79.9. The Morgan fingerprint density at radius 1 is 1.27 bits per heavy atom. The van der Waals surface area contributed by atoms with Crippen LogP contribution in [0.15, 0.2) is 16.6 Å². The van der Waals surface area contributed by atoms with Crippen molar-refractivity contribution in [3.8, 4) is 5.75 Å². The van der Waals surface area contributed by atoms with Crippen molar-refractivity contribution in [2.45, 2.75) is 45.3 Å². The highest BCUT2D eigenvalue weighted by Crippen LogP contribution is 2.33. The van der Waals surface area contributed by atoms with Crippen molar-refractivity contribution >= 4 is 27.9 Å². The topological polar surface area (TPSA) is 59.1 Å². The second-order valence-corrected chi connectivity index (χ2v) is 8.68. The molecule has 2 amide bonds. The molecule has 0 bridgehead atoms. The van der Waals surface area contributed by atoms with Crippen LogP contribution in [0.2, 0.25) is 0 Å². The number of benzene rings is 1. The molecule has 1 atom stereocenters. The monoisotopic (exact) mass is 424 g/mol. The number of rotatable bonds is 2. The summed E-state index contributed by atoms with van der Waals surface area (Å²) in [5, 5.41) is 0. The van der Waals surface area contributed by atoms with E-state index in [0.717, 1.165) is 22.9 Å². The smallest absolute Gasteiger partial charge is 0.410 e. The Hall–Kier alpha value is -1.76. The first kappa shape index (κ1) is 19.0. The Morgan fingerprint density at radius 2 is 2.00 bits per heavy atom. The number of methoxy groups -OCH3 is 1. The van der Waals surface area contributed by atoms with Gasteiger partial charge in [-0.2, -0.15) is 0 Å². The summed E-state index contributed by atoms with van der Waals surface area (Å²) in [6.07, 6.45) is 1.23. The van der Waals surface area contributed by atoms with Crippen LogP contribution < -0.4 is 4.74 Å². The number of hydrogen-bond acceptors (Lipinski definition) is 4. The number of hydrogen-bond donors (Lipinski definition) is 0. The highest BCUT2D eigenvalue weighted by molar-refractivity contribution is 9.10. The molecule has 3 rings (SSSR count). The van der Waals surface area contributed by atoms with Gasteiger partial charge in [0.05, 0.1) is 18.7 Å². The van der Waals surface area contributed by atoms with E-state index in [1.54, 1.807) is 12.0 Å². The van der Waals surface area contributed by atoms with Crippen molar-refractivity contribution in [3.05, 3.63) is 27.7 Å². The van der Waals surface area contributed by atoms with Gasteiger partial charge in [0.15, 0.2) is 0 Å². The maximum atomic E-state index is 13.1. The molecule has 0 saturated carbocycles. The van der Waals surface area contributed by atoms with Crippen molar-refractivity contribution in [3.63, 3.8) is 0 Å². The number of carbonyl (C=O) groups is 2. The van der Waals surface area contributed by atoms with Crippen molar-refractivity contribution < 1.29 is 19.1 Å². The molecule has 1 saturated heterocycles. The summed E-state index contributed by atoms with van der Waals surface area (Å²) >= 11 is 3.47. The third kappa shape index (κ3) is 3.82. The molecule has 0 aliphatic carbocycles. The predicted octanol–water partition coefficient (Wildman–Crippen LogP) is 3.47. The lowest BCUT2D eigenvalue weighted by atomic mass is 9.96. The lowest BCUT2D eigenvalue weighted by molar-refractivity contribution is 0.0274. The molecular formula is C19H25BrN2O4. The van der Waals surface area contributed by atoms with E-state index in [4.69, 9.17) is 9.47 Å². The number of fused-ring (bicyclic) bond motifs is 1. The number of ether oxygens (including phenoxy) is 2. The van der Waals surface area contributed by atoms with Crippen LogP contribution in [0.3, 0.4) is 0 Å². The standard InChI is InChI=1S/C19H25BrN2O4/c1-19(2,3)26-18(24)21-7-6-14(11-21)22-8-5-12-9-13(20)10-15(25-4)16(12)17(22)23/h9-10,14H,5-8,11H2,1-4H3. The molecule has 6 nitrogen and oxygen atoms in total. The lowest BCUT2D eigenvalue weighted by Gasteiger charge is -2.34. The zero-order chi connectivity index (χ0) is 19.1. The SMILES string of the molecule is COc1cc(Br)cc2c1C(=O)N(C1CCN(C(=O)OC(C)(C)C)C1)CC2. The number of carbonyl (C=O) groups excluding carboxylic acids is 2. The summed E-state index contributed by atoms with van der Waals surface area (Å²) in [6.45, 7) is 7.33. The summed E-state index contributed by atoms with van der Waals surface area (Å²) in [6, 6.07) is 3.81. The van der Waals surface area contributed by atoms with Gasteiger partial charge in [-0.1, -0.05) is 15.9 Å². The molecule has 1 aromatic rings. The first-order valence-electron chi connectivity index (χ1n) is 8.85. The molecule has 0 N–H and O–H groups in total. The van der Waals surface area contributed by atoms with Crippen LogP contribution in [0.5, 0.6) is 5.75 Å². The third-order valence-electron chi connectivity index (χ3n) is 4.72. The molecule has 0 radical (unpaired) electrons. The fraction of sp³-hybridized carbons (Fsp3) is 0.579. The van der Waals surface area contributed by atoms with Crippen LogP contribution >= 0.6 is 15.9 Å². The van der Waals surface area contributed by atoms with Gasteiger partial charge in [0.25, 0.3) is 5.91 Å². The van der Waals surface area contributed by atoms with Crippen LogP contribution in [0.1, 0.15) is 43.1 Å². The Balaban J connectivity index is 1.74. The molecule has 26 heavy (non-hydrogen) atoms. The fourth-order valence-corrected chi connectivity index (χ4v) is 4.04. The minimum Gasteiger partial charge on any atom is -0.496 e. The summed E-state index contributed by atoms with van der Waals surface area (Å²) in [4.78, 5) is 28.9. The zero-order valence-corrected chi connectivity index (χ0v) is 17.3. The van der Waals surface area contributed by atoms with Gasteiger partial charge in [-0.15, -0.1) is 0 Å². The molecule has 142 valence electrons. The maximum Gasteiger partial charge on any atom is 0.410 e. The van der Waals surface area contributed by atoms with Gasteiger partial charge in [0, 0.05) is 24.1 Å². The average molecular weight is 425 g/mol. The molecular weight excluding hydrogens is 400 g/mol. The molecule has 1 unspecified atom stereocenters. The number of halogens is 1. The van der Waals surface area contributed by atoms with E-state index in [1.807, 2.05) is 37.8 Å². The Bertz CT molecular complexity index is 712. The van der Waals surface area contributed by atoms with Crippen LogP contribution in [-0.2, 0) is 11.2 Å².